The van der Waals surface area contributed by atoms with Gasteiger partial charge in [0.05, 0.1) is 0 Å². The summed E-state index contributed by atoms with van der Waals surface area (Å²) in [5, 5.41) is 0. The van der Waals surface area contributed by atoms with Crippen LogP contribution in [0.4, 0.5) is 0 Å². The summed E-state index contributed by atoms with van der Waals surface area (Å²) in [6.45, 7) is 1.19. The van der Waals surface area contributed by atoms with Gasteiger partial charge in [-0.25, -0.2) is 0 Å². The third-order valence-electron chi connectivity index (χ3n) is 0.167. The molecular weight excluding hydrogens is 121 g/mol. The Hall–Kier alpha value is 2.92. The molecule has 0 aromatic carbocycles. The second kappa shape index (κ2) is 23.1. The van der Waals surface area contributed by atoms with Gasteiger partial charge in [-0.3, -0.25) is 0 Å². The van der Waals surface area contributed by atoms with Gasteiger partial charge in [0.2, 0.25) is 0 Å². The summed E-state index contributed by atoms with van der Waals surface area (Å²) < 4.78 is 0. The summed E-state index contributed by atoms with van der Waals surface area (Å²) in [6.07, 6.45) is 0. The molecule has 0 saturated carbocycles. The zero-order valence-electron chi connectivity index (χ0n) is 8.57. The van der Waals surface area contributed by atoms with Gasteiger partial charge in [0.25, 0.3) is 0 Å². The van der Waals surface area contributed by atoms with Crippen molar-refractivity contribution in [3.8, 4) is 0 Å². The van der Waals surface area contributed by atoms with Crippen molar-refractivity contribution >= 4 is 0 Å². The van der Waals surface area contributed by atoms with E-state index in [9.17, 15) is 0 Å². The molecule has 0 atom stereocenters. The zero-order valence-corrected chi connectivity index (χ0v) is 11.6. The maximum absolute atomic E-state index is 4.90. The fraction of sp³-hybridized carbons (Fsp3) is 1.00. The van der Waals surface area contributed by atoms with Crippen molar-refractivity contribution in [3.05, 3.63) is 0 Å². The largest absolute Gasteiger partial charge is 1.00 e. The molecule has 0 rings (SSSR count). The third-order valence-corrected chi connectivity index (χ3v) is 0.167. The van der Waals surface area contributed by atoms with Crippen LogP contribution in [0, 0.1) is 0 Å². The number of hydrogen-bond donors (Lipinski definition) is 2. The van der Waals surface area contributed by atoms with Gasteiger partial charge in [0, 0.05) is 13.1 Å². The van der Waals surface area contributed by atoms with Gasteiger partial charge in [-0.15, -0.1) is 0 Å². The van der Waals surface area contributed by atoms with Crippen LogP contribution in [0.15, 0.2) is 0 Å². The van der Waals surface area contributed by atoms with E-state index in [0.717, 1.165) is 0 Å². The van der Waals surface area contributed by atoms with Crippen LogP contribution in [-0.2, 0) is 0 Å². The zero-order chi connectivity index (χ0) is 3.41. The Balaban J connectivity index is -0.00000000300. The Bertz CT molecular complexity index is 21.7. The molecule has 0 aromatic heterocycles. The topological polar surface area (TPSA) is 52.0 Å². The van der Waals surface area contributed by atoms with Crippen LogP contribution >= 0.6 is 0 Å². The molecule has 5 heteroatoms. The summed E-state index contributed by atoms with van der Waals surface area (Å²) in [6, 6.07) is 0. The van der Waals surface area contributed by atoms with E-state index in [-0.39, 0.29) is 93.0 Å². The van der Waals surface area contributed by atoms with Gasteiger partial charge in [-0.05, 0) is 0 Å². The smallest absolute Gasteiger partial charge is 1.00 e. The summed E-state index contributed by atoms with van der Waals surface area (Å²) in [7, 11) is 0. The standard InChI is InChI=1S/C2H8N2.3Na.3H/c3-1-2-4;;;;;;/h1-4H2;;;;;;/q;3*+1;3*-1. The van der Waals surface area contributed by atoms with E-state index in [1.54, 1.807) is 0 Å². The fourth-order valence-corrected chi connectivity index (χ4v) is 0. The molecule has 0 radical (unpaired) electrons. The molecule has 0 fully saturated rings. The van der Waals surface area contributed by atoms with Crippen LogP contribution in [0.1, 0.15) is 4.28 Å². The Morgan fingerprint density at radius 1 is 0.857 bits per heavy atom. The average Bonchev–Trinajstić information content (AvgIpc) is 1.37. The van der Waals surface area contributed by atoms with Gasteiger partial charge in [0.15, 0.2) is 0 Å². The maximum atomic E-state index is 4.90. The van der Waals surface area contributed by atoms with Crippen molar-refractivity contribution in [2.45, 2.75) is 0 Å². The Labute approximate surface area is 115 Å². The van der Waals surface area contributed by atoms with E-state index >= 15 is 0 Å². The average molecular weight is 132 g/mol. The summed E-state index contributed by atoms with van der Waals surface area (Å²) in [5.41, 5.74) is 9.81. The van der Waals surface area contributed by atoms with Crippen LogP contribution in [-0.4, -0.2) is 13.1 Å². The molecule has 0 aliphatic heterocycles. The first kappa shape index (κ1) is 22.5. The molecule has 0 aliphatic rings. The minimum Gasteiger partial charge on any atom is -1.00 e. The van der Waals surface area contributed by atoms with E-state index in [0.29, 0.717) is 13.1 Å². The van der Waals surface area contributed by atoms with Crippen molar-refractivity contribution in [3.63, 3.8) is 0 Å². The van der Waals surface area contributed by atoms with Crippen LogP contribution in [0.2, 0.25) is 0 Å². The summed E-state index contributed by atoms with van der Waals surface area (Å²) >= 11 is 0. The summed E-state index contributed by atoms with van der Waals surface area (Å²) in [5.74, 6) is 0. The van der Waals surface area contributed by atoms with Crippen LogP contribution < -0.4 is 100 Å². The third kappa shape index (κ3) is 27.8. The molecule has 0 heterocycles. The SMILES string of the molecule is NCCN.[H-].[H-].[H-].[Na+].[Na+].[Na+]. The second-order valence-electron chi connectivity index (χ2n) is 0.577. The summed E-state index contributed by atoms with van der Waals surface area (Å²) in [4.78, 5) is 0. The molecule has 0 saturated heterocycles. The van der Waals surface area contributed by atoms with E-state index in [1.807, 2.05) is 0 Å². The van der Waals surface area contributed by atoms with Crippen LogP contribution in [0.5, 0.6) is 0 Å². The molecule has 2 nitrogen and oxygen atoms in total. The minimum atomic E-state index is 0. The minimum absolute atomic E-state index is 0. The molecule has 0 spiro atoms. The first-order chi connectivity index (χ1) is 1.91. The molecule has 0 amide bonds. The van der Waals surface area contributed by atoms with Crippen molar-refractivity contribution in [1.82, 2.24) is 0 Å². The van der Waals surface area contributed by atoms with Crippen LogP contribution in [0.3, 0.4) is 0 Å². The van der Waals surface area contributed by atoms with Crippen molar-refractivity contribution < 1.29 is 93.0 Å². The fourth-order valence-electron chi connectivity index (χ4n) is 0. The monoisotopic (exact) mass is 132 g/mol. The Morgan fingerprint density at radius 2 is 1.00 bits per heavy atom. The van der Waals surface area contributed by atoms with Gasteiger partial charge < -0.3 is 15.7 Å². The van der Waals surface area contributed by atoms with E-state index in [4.69, 9.17) is 11.5 Å². The maximum Gasteiger partial charge on any atom is 1.00 e. The van der Waals surface area contributed by atoms with Gasteiger partial charge in [-0.2, -0.15) is 0 Å². The van der Waals surface area contributed by atoms with E-state index in [1.165, 1.54) is 0 Å². The predicted octanol–water partition coefficient (Wildman–Crippen LogP) is -9.75. The van der Waals surface area contributed by atoms with Gasteiger partial charge in [0.1, 0.15) is 0 Å². The molecule has 0 unspecified atom stereocenters. The molecular formula is C2H11N2Na3. The Kier molecular flexibility index (Phi) is 74.4. The number of nitrogens with two attached hydrogens (primary N) is 2. The molecule has 0 aromatic rings. The van der Waals surface area contributed by atoms with Gasteiger partial charge >= 0.3 is 88.7 Å². The van der Waals surface area contributed by atoms with E-state index < -0.39 is 0 Å². The van der Waals surface area contributed by atoms with E-state index in [2.05, 4.69) is 0 Å². The second-order valence-corrected chi connectivity index (χ2v) is 0.577. The molecule has 0 bridgehead atoms. The molecule has 0 aliphatic carbocycles. The first-order valence-corrected chi connectivity index (χ1v) is 1.32. The van der Waals surface area contributed by atoms with Crippen LogP contribution in [0.25, 0.3) is 0 Å². The first-order valence-electron chi connectivity index (χ1n) is 1.32. The Morgan fingerprint density at radius 3 is 1.00 bits per heavy atom. The van der Waals surface area contributed by atoms with Crippen molar-refractivity contribution in [2.24, 2.45) is 11.5 Å². The number of hydrogen-bond acceptors (Lipinski definition) is 2. The molecule has 32 valence electrons. The quantitative estimate of drug-likeness (QED) is 0.348. The normalized spacial score (nSPS) is 4.29. The predicted molar refractivity (Wildman–Crippen MR) is 21.4 cm³/mol. The van der Waals surface area contributed by atoms with Crippen molar-refractivity contribution in [1.29, 1.82) is 0 Å². The molecule has 4 N–H and O–H groups in total. The van der Waals surface area contributed by atoms with Gasteiger partial charge in [-0.1, -0.05) is 0 Å². The molecule has 7 heavy (non-hydrogen) atoms. The number of rotatable bonds is 1. The van der Waals surface area contributed by atoms with Crippen molar-refractivity contribution in [2.75, 3.05) is 13.1 Å².